The first-order chi connectivity index (χ1) is 13.9. The molecule has 1 heterocycles. The van der Waals surface area contributed by atoms with E-state index in [-0.39, 0.29) is 11.5 Å². The minimum absolute atomic E-state index is 0.281. The Hall–Kier alpha value is -2.93. The molecule has 0 aliphatic rings. The lowest BCUT2D eigenvalue weighted by atomic mass is 10.1. The number of benzene rings is 2. The van der Waals surface area contributed by atoms with Gasteiger partial charge in [-0.1, -0.05) is 28.1 Å². The van der Waals surface area contributed by atoms with Gasteiger partial charge in [-0.05, 0) is 61.9 Å². The van der Waals surface area contributed by atoms with Gasteiger partial charge in [0.2, 0.25) is 5.91 Å². The van der Waals surface area contributed by atoms with E-state index in [1.54, 1.807) is 32.2 Å². The fourth-order valence-corrected chi connectivity index (χ4v) is 3.25. The Balaban J connectivity index is 1.86. The molecular formula is C22H22BrN3O3. The van der Waals surface area contributed by atoms with E-state index < -0.39 is 6.04 Å². The van der Waals surface area contributed by atoms with E-state index in [1.807, 2.05) is 43.3 Å². The molecule has 1 aromatic heterocycles. The molecule has 7 heteroatoms. The largest absolute Gasteiger partial charge is 0.497 e. The van der Waals surface area contributed by atoms with E-state index in [0.29, 0.717) is 23.4 Å². The predicted octanol–water partition coefficient (Wildman–Crippen LogP) is 4.11. The van der Waals surface area contributed by atoms with Crippen molar-refractivity contribution in [1.29, 1.82) is 0 Å². The van der Waals surface area contributed by atoms with Crippen molar-refractivity contribution in [3.05, 3.63) is 86.2 Å². The molecule has 0 aliphatic heterocycles. The highest BCUT2D eigenvalue weighted by atomic mass is 79.9. The van der Waals surface area contributed by atoms with Gasteiger partial charge in [-0.15, -0.1) is 0 Å². The molecule has 6 nitrogen and oxygen atoms in total. The summed E-state index contributed by atoms with van der Waals surface area (Å²) in [5, 5.41) is 7.12. The quantitative estimate of drug-likeness (QED) is 0.606. The van der Waals surface area contributed by atoms with Crippen LogP contribution in [-0.2, 0) is 11.2 Å². The maximum absolute atomic E-state index is 13.0. The van der Waals surface area contributed by atoms with Gasteiger partial charge in [-0.3, -0.25) is 9.59 Å². The molecule has 0 aliphatic carbocycles. The summed E-state index contributed by atoms with van der Waals surface area (Å²) < 4.78 is 7.42. The number of halogens is 1. The predicted molar refractivity (Wildman–Crippen MR) is 117 cm³/mol. The Morgan fingerprint density at radius 1 is 1.21 bits per heavy atom. The first-order valence-electron chi connectivity index (χ1n) is 9.16. The Labute approximate surface area is 177 Å². The van der Waals surface area contributed by atoms with Crippen LogP contribution in [0.1, 0.15) is 29.8 Å². The SMILES string of the molecule is COc1cccc(Cc2cc(C)nn([C@@H](C)C(=O)Nc3ccc(Br)cc3)c2=O)c1. The highest BCUT2D eigenvalue weighted by molar-refractivity contribution is 9.10. The van der Waals surface area contributed by atoms with Gasteiger partial charge in [0.05, 0.1) is 12.8 Å². The summed E-state index contributed by atoms with van der Waals surface area (Å²) in [6.45, 7) is 3.47. The van der Waals surface area contributed by atoms with Gasteiger partial charge in [0.1, 0.15) is 11.8 Å². The van der Waals surface area contributed by atoms with Crippen LogP contribution in [0.25, 0.3) is 0 Å². The summed E-state index contributed by atoms with van der Waals surface area (Å²) in [7, 11) is 1.61. The second-order valence-electron chi connectivity index (χ2n) is 6.76. The van der Waals surface area contributed by atoms with Crippen LogP contribution in [0.15, 0.2) is 63.9 Å². The van der Waals surface area contributed by atoms with Crippen molar-refractivity contribution in [2.45, 2.75) is 26.3 Å². The molecule has 150 valence electrons. The average Bonchev–Trinajstić information content (AvgIpc) is 2.71. The van der Waals surface area contributed by atoms with Crippen molar-refractivity contribution < 1.29 is 9.53 Å². The summed E-state index contributed by atoms with van der Waals surface area (Å²) in [6.07, 6.45) is 0.431. The molecule has 1 N–H and O–H groups in total. The maximum Gasteiger partial charge on any atom is 0.271 e. The second kappa shape index (κ2) is 9.05. The molecule has 29 heavy (non-hydrogen) atoms. The molecule has 3 rings (SSSR count). The van der Waals surface area contributed by atoms with Crippen LogP contribution < -0.4 is 15.6 Å². The number of amides is 1. The highest BCUT2D eigenvalue weighted by Crippen LogP contribution is 2.17. The number of hydrogen-bond donors (Lipinski definition) is 1. The van der Waals surface area contributed by atoms with Crippen molar-refractivity contribution in [3.63, 3.8) is 0 Å². The molecule has 0 saturated heterocycles. The van der Waals surface area contributed by atoms with Gasteiger partial charge in [-0.2, -0.15) is 5.10 Å². The number of hydrogen-bond acceptors (Lipinski definition) is 4. The maximum atomic E-state index is 13.0. The number of nitrogens with one attached hydrogen (secondary N) is 1. The first-order valence-corrected chi connectivity index (χ1v) is 9.95. The zero-order chi connectivity index (χ0) is 21.0. The lowest BCUT2D eigenvalue weighted by Crippen LogP contribution is -2.35. The number of aromatic nitrogens is 2. The zero-order valence-corrected chi connectivity index (χ0v) is 18.1. The summed E-state index contributed by atoms with van der Waals surface area (Å²) in [6, 6.07) is 15.8. The second-order valence-corrected chi connectivity index (χ2v) is 7.68. The van der Waals surface area contributed by atoms with Crippen molar-refractivity contribution in [2.24, 2.45) is 0 Å². The molecule has 0 saturated carbocycles. The van der Waals surface area contributed by atoms with Crippen molar-refractivity contribution in [1.82, 2.24) is 9.78 Å². The Kier molecular flexibility index (Phi) is 6.49. The number of methoxy groups -OCH3 is 1. The molecular weight excluding hydrogens is 434 g/mol. The Bertz CT molecular complexity index is 1080. The van der Waals surface area contributed by atoms with Crippen molar-refractivity contribution in [3.8, 4) is 5.75 Å². The average molecular weight is 456 g/mol. The van der Waals surface area contributed by atoms with Crippen LogP contribution in [0.5, 0.6) is 5.75 Å². The lowest BCUT2D eigenvalue weighted by molar-refractivity contribution is -0.119. The fraction of sp³-hybridized carbons (Fsp3) is 0.227. The number of nitrogens with zero attached hydrogens (tertiary/aromatic N) is 2. The topological polar surface area (TPSA) is 73.2 Å². The van der Waals surface area contributed by atoms with E-state index in [0.717, 1.165) is 15.8 Å². The summed E-state index contributed by atoms with van der Waals surface area (Å²) in [5.41, 5.74) is 2.57. The molecule has 0 unspecified atom stereocenters. The minimum Gasteiger partial charge on any atom is -0.497 e. The molecule has 0 radical (unpaired) electrons. The van der Waals surface area contributed by atoms with Gasteiger partial charge >= 0.3 is 0 Å². The van der Waals surface area contributed by atoms with E-state index in [2.05, 4.69) is 26.3 Å². The third kappa shape index (κ3) is 5.12. The fourth-order valence-electron chi connectivity index (χ4n) is 2.99. The third-order valence-electron chi connectivity index (χ3n) is 4.52. The van der Waals surface area contributed by atoms with Crippen LogP contribution in [0.4, 0.5) is 5.69 Å². The summed E-state index contributed by atoms with van der Waals surface area (Å²) >= 11 is 3.36. The van der Waals surface area contributed by atoms with E-state index in [1.165, 1.54) is 4.68 Å². The number of carbonyl (C=O) groups is 1. The van der Waals surface area contributed by atoms with Crippen LogP contribution in [0.2, 0.25) is 0 Å². The van der Waals surface area contributed by atoms with Crippen LogP contribution >= 0.6 is 15.9 Å². The standard InChI is InChI=1S/C22H22BrN3O3/c1-14-11-17(12-16-5-4-6-20(13-16)29-3)22(28)26(25-14)15(2)21(27)24-19-9-7-18(23)8-10-19/h4-11,13,15H,12H2,1-3H3,(H,24,27)/t15-/m0/s1. The monoisotopic (exact) mass is 455 g/mol. The zero-order valence-electron chi connectivity index (χ0n) is 16.5. The van der Waals surface area contributed by atoms with E-state index >= 15 is 0 Å². The normalized spacial score (nSPS) is 11.7. The molecule has 0 bridgehead atoms. The van der Waals surface area contributed by atoms with Crippen molar-refractivity contribution >= 4 is 27.5 Å². The van der Waals surface area contributed by atoms with Crippen molar-refractivity contribution in [2.75, 3.05) is 12.4 Å². The van der Waals surface area contributed by atoms with Gasteiger partial charge in [0, 0.05) is 22.1 Å². The van der Waals surface area contributed by atoms with Gasteiger partial charge in [0.15, 0.2) is 0 Å². The summed E-state index contributed by atoms with van der Waals surface area (Å²) in [5.74, 6) is 0.427. The van der Waals surface area contributed by atoms with Gasteiger partial charge in [0.25, 0.3) is 5.56 Å². The van der Waals surface area contributed by atoms with Gasteiger partial charge < -0.3 is 10.1 Å². The molecule has 2 aromatic carbocycles. The number of rotatable bonds is 6. The van der Waals surface area contributed by atoms with Crippen LogP contribution in [0, 0.1) is 6.92 Å². The van der Waals surface area contributed by atoms with E-state index in [4.69, 9.17) is 4.74 Å². The number of anilines is 1. The van der Waals surface area contributed by atoms with Gasteiger partial charge in [-0.25, -0.2) is 4.68 Å². The Morgan fingerprint density at radius 3 is 2.62 bits per heavy atom. The highest BCUT2D eigenvalue weighted by Gasteiger charge is 2.20. The molecule has 1 amide bonds. The molecule has 0 spiro atoms. The third-order valence-corrected chi connectivity index (χ3v) is 5.05. The Morgan fingerprint density at radius 2 is 1.93 bits per heavy atom. The number of carbonyl (C=O) groups excluding carboxylic acids is 1. The first kappa shape index (κ1) is 20.8. The van der Waals surface area contributed by atoms with E-state index in [9.17, 15) is 9.59 Å². The van der Waals surface area contributed by atoms with Crippen LogP contribution in [0.3, 0.4) is 0 Å². The minimum atomic E-state index is -0.755. The summed E-state index contributed by atoms with van der Waals surface area (Å²) in [4.78, 5) is 25.7. The number of ether oxygens (including phenoxy) is 1. The lowest BCUT2D eigenvalue weighted by Gasteiger charge is -2.16. The number of aryl methyl sites for hydroxylation is 1. The molecule has 0 fully saturated rings. The molecule has 3 aromatic rings. The van der Waals surface area contributed by atoms with Crippen LogP contribution in [-0.4, -0.2) is 22.8 Å². The smallest absolute Gasteiger partial charge is 0.271 e. The molecule has 1 atom stereocenters.